The van der Waals surface area contributed by atoms with E-state index in [9.17, 15) is 0 Å². The molecule has 0 aromatic heterocycles. The molecule has 0 saturated heterocycles. The summed E-state index contributed by atoms with van der Waals surface area (Å²) in [5.74, 6) is 1.21. The van der Waals surface area contributed by atoms with Gasteiger partial charge >= 0.3 is 0 Å². The van der Waals surface area contributed by atoms with Gasteiger partial charge in [0, 0.05) is 17.0 Å². The Morgan fingerprint density at radius 2 is 1.88 bits per heavy atom. The Morgan fingerprint density at radius 3 is 2.47 bits per heavy atom. The molecular weight excluding hydrogens is 226 g/mol. The first-order valence-corrected chi connectivity index (χ1v) is 7.70. The van der Waals surface area contributed by atoms with Crippen LogP contribution in [0.4, 0.5) is 0 Å². The molecule has 1 N–H and O–H groups in total. The van der Waals surface area contributed by atoms with Crippen molar-refractivity contribution >= 4 is 11.8 Å². The number of nitrogens with one attached hydrogen (secondary N) is 1. The van der Waals surface area contributed by atoms with E-state index in [0.717, 1.165) is 18.2 Å². The third kappa shape index (κ3) is 6.13. The first-order valence-electron chi connectivity index (χ1n) is 6.65. The molecule has 1 aromatic rings. The summed E-state index contributed by atoms with van der Waals surface area (Å²) in [6.07, 6.45) is 2.40. The van der Waals surface area contributed by atoms with Crippen LogP contribution in [0.25, 0.3) is 0 Å². The minimum atomic E-state index is 0.599. The number of hydrogen-bond acceptors (Lipinski definition) is 2. The molecular formula is C15H25NS. The van der Waals surface area contributed by atoms with Gasteiger partial charge in [0.2, 0.25) is 0 Å². The highest BCUT2D eigenvalue weighted by Gasteiger charge is 2.10. The fraction of sp³-hybridized carbons (Fsp3) is 0.600. The molecule has 0 amide bonds. The topological polar surface area (TPSA) is 12.0 Å². The Kier molecular flexibility index (Phi) is 7.38. The average Bonchev–Trinajstić information content (AvgIpc) is 2.37. The molecule has 1 aromatic carbocycles. The van der Waals surface area contributed by atoms with Crippen LogP contribution in [0.3, 0.4) is 0 Å². The molecule has 1 nitrogen and oxygen atoms in total. The predicted molar refractivity (Wildman–Crippen MR) is 79.8 cm³/mol. The molecule has 0 aliphatic heterocycles. The van der Waals surface area contributed by atoms with Gasteiger partial charge in [0.05, 0.1) is 0 Å². The fourth-order valence-corrected chi connectivity index (χ4v) is 2.81. The lowest BCUT2D eigenvalue weighted by molar-refractivity contribution is 0.572. The third-order valence-electron chi connectivity index (χ3n) is 2.97. The van der Waals surface area contributed by atoms with Gasteiger partial charge < -0.3 is 5.32 Å². The number of rotatable bonds is 8. The highest BCUT2D eigenvalue weighted by Crippen LogP contribution is 2.16. The van der Waals surface area contributed by atoms with Crippen LogP contribution >= 0.6 is 11.8 Å². The Morgan fingerprint density at radius 1 is 1.18 bits per heavy atom. The van der Waals surface area contributed by atoms with E-state index in [-0.39, 0.29) is 0 Å². The van der Waals surface area contributed by atoms with Crippen LogP contribution in [0.15, 0.2) is 30.3 Å². The maximum atomic E-state index is 3.59. The molecule has 0 spiro atoms. The molecule has 0 bridgehead atoms. The zero-order valence-electron chi connectivity index (χ0n) is 11.3. The molecule has 0 fully saturated rings. The van der Waals surface area contributed by atoms with Crippen molar-refractivity contribution in [2.24, 2.45) is 0 Å². The highest BCUT2D eigenvalue weighted by molar-refractivity contribution is 7.99. The molecule has 0 saturated carbocycles. The predicted octanol–water partition coefficient (Wildman–Crippen LogP) is 3.74. The van der Waals surface area contributed by atoms with Crippen molar-refractivity contribution in [3.8, 4) is 0 Å². The van der Waals surface area contributed by atoms with Crippen molar-refractivity contribution in [3.05, 3.63) is 35.9 Å². The molecule has 0 aliphatic carbocycles. The lowest BCUT2D eigenvalue weighted by atomic mass is 10.1. The SMILES string of the molecule is CCNC(CSC(C)CC)Cc1ccccc1. The number of hydrogen-bond donors (Lipinski definition) is 1. The van der Waals surface area contributed by atoms with E-state index in [1.807, 2.05) is 0 Å². The fourth-order valence-electron chi connectivity index (χ4n) is 1.78. The van der Waals surface area contributed by atoms with Gasteiger partial charge in [-0.15, -0.1) is 0 Å². The normalized spacial score (nSPS) is 14.5. The molecule has 2 unspecified atom stereocenters. The quantitative estimate of drug-likeness (QED) is 0.755. The van der Waals surface area contributed by atoms with Crippen molar-refractivity contribution < 1.29 is 0 Å². The highest BCUT2D eigenvalue weighted by atomic mass is 32.2. The summed E-state index contributed by atoms with van der Waals surface area (Å²) >= 11 is 2.08. The minimum absolute atomic E-state index is 0.599. The van der Waals surface area contributed by atoms with Crippen LogP contribution in [0.2, 0.25) is 0 Å². The first kappa shape index (κ1) is 14.6. The Hall–Kier alpha value is -0.470. The van der Waals surface area contributed by atoms with Gasteiger partial charge in [-0.25, -0.2) is 0 Å². The van der Waals surface area contributed by atoms with E-state index in [1.165, 1.54) is 17.7 Å². The van der Waals surface area contributed by atoms with Crippen molar-refractivity contribution in [2.75, 3.05) is 12.3 Å². The molecule has 96 valence electrons. The van der Waals surface area contributed by atoms with Gasteiger partial charge in [0.25, 0.3) is 0 Å². The van der Waals surface area contributed by atoms with Gasteiger partial charge in [0.15, 0.2) is 0 Å². The maximum absolute atomic E-state index is 3.59. The summed E-state index contributed by atoms with van der Waals surface area (Å²) in [7, 11) is 0. The van der Waals surface area contributed by atoms with Gasteiger partial charge in [-0.1, -0.05) is 51.1 Å². The molecule has 1 rings (SSSR count). The summed E-state index contributed by atoms with van der Waals surface area (Å²) in [4.78, 5) is 0. The second-order valence-corrected chi connectivity index (χ2v) is 5.97. The molecule has 2 atom stereocenters. The number of likely N-dealkylation sites (N-methyl/N-ethyl adjacent to an activating group) is 1. The monoisotopic (exact) mass is 251 g/mol. The van der Waals surface area contributed by atoms with Gasteiger partial charge in [-0.05, 0) is 24.9 Å². The Balaban J connectivity index is 2.43. The van der Waals surface area contributed by atoms with Crippen LogP contribution in [0.5, 0.6) is 0 Å². The average molecular weight is 251 g/mol. The third-order valence-corrected chi connectivity index (χ3v) is 4.47. The molecule has 0 aliphatic rings. The number of benzene rings is 1. The van der Waals surface area contributed by atoms with E-state index >= 15 is 0 Å². The lowest BCUT2D eigenvalue weighted by Crippen LogP contribution is -2.33. The smallest absolute Gasteiger partial charge is 0.0198 e. The van der Waals surface area contributed by atoms with E-state index in [4.69, 9.17) is 0 Å². The van der Waals surface area contributed by atoms with Crippen LogP contribution < -0.4 is 5.32 Å². The van der Waals surface area contributed by atoms with Crippen molar-refractivity contribution in [3.63, 3.8) is 0 Å². The van der Waals surface area contributed by atoms with Crippen LogP contribution in [0, 0.1) is 0 Å². The Labute approximate surface area is 110 Å². The largest absolute Gasteiger partial charge is 0.313 e. The summed E-state index contributed by atoms with van der Waals surface area (Å²) in [6.45, 7) is 7.82. The van der Waals surface area contributed by atoms with Gasteiger partial charge in [-0.2, -0.15) is 11.8 Å². The van der Waals surface area contributed by atoms with E-state index in [1.54, 1.807) is 0 Å². The van der Waals surface area contributed by atoms with Gasteiger partial charge in [0.1, 0.15) is 0 Å². The van der Waals surface area contributed by atoms with E-state index in [2.05, 4.69) is 68.2 Å². The zero-order valence-corrected chi connectivity index (χ0v) is 12.1. The molecule has 2 heteroatoms. The van der Waals surface area contributed by atoms with Crippen molar-refractivity contribution in [2.45, 2.75) is 44.9 Å². The molecule has 0 heterocycles. The lowest BCUT2D eigenvalue weighted by Gasteiger charge is -2.19. The minimum Gasteiger partial charge on any atom is -0.313 e. The van der Waals surface area contributed by atoms with E-state index < -0.39 is 0 Å². The van der Waals surface area contributed by atoms with Crippen LogP contribution in [-0.2, 0) is 6.42 Å². The zero-order chi connectivity index (χ0) is 12.5. The van der Waals surface area contributed by atoms with Crippen LogP contribution in [-0.4, -0.2) is 23.6 Å². The van der Waals surface area contributed by atoms with Gasteiger partial charge in [-0.3, -0.25) is 0 Å². The van der Waals surface area contributed by atoms with Crippen LogP contribution in [0.1, 0.15) is 32.8 Å². The summed E-state index contributed by atoms with van der Waals surface area (Å²) in [6, 6.07) is 11.4. The second-order valence-electron chi connectivity index (χ2n) is 4.50. The Bertz CT molecular complexity index is 286. The van der Waals surface area contributed by atoms with E-state index in [0.29, 0.717) is 6.04 Å². The first-order chi connectivity index (χ1) is 8.26. The summed E-state index contributed by atoms with van der Waals surface area (Å²) < 4.78 is 0. The molecule has 0 radical (unpaired) electrons. The number of thioether (sulfide) groups is 1. The maximum Gasteiger partial charge on any atom is 0.0198 e. The summed E-state index contributed by atoms with van der Waals surface area (Å²) in [5, 5.41) is 4.36. The second kappa shape index (κ2) is 8.60. The van der Waals surface area contributed by atoms with Crippen molar-refractivity contribution in [1.29, 1.82) is 0 Å². The molecule has 17 heavy (non-hydrogen) atoms. The van der Waals surface area contributed by atoms with Crippen molar-refractivity contribution in [1.82, 2.24) is 5.32 Å². The standard InChI is InChI=1S/C15H25NS/c1-4-13(3)17-12-15(16-5-2)11-14-9-7-6-8-10-14/h6-10,13,15-16H,4-5,11-12H2,1-3H3. The summed E-state index contributed by atoms with van der Waals surface area (Å²) in [5.41, 5.74) is 1.43.